The highest BCUT2D eigenvalue weighted by Crippen LogP contribution is 2.44. The van der Waals surface area contributed by atoms with Crippen molar-refractivity contribution in [2.24, 2.45) is 28.9 Å². The second kappa shape index (κ2) is 5.13. The molecule has 0 aliphatic heterocycles. The Kier molecular flexibility index (Phi) is 5.10. The minimum absolute atomic E-state index is 0.0365. The normalized spacial score (nSPS) is 17.6. The maximum absolute atomic E-state index is 9.36. The standard InChI is InChI=1S/C12H27NO/c1-8(2)12(9(3)4,11(6)13)10(5)7-14/h8-11,14H,7,13H2,1-6H3. The first kappa shape index (κ1) is 13.9. The molecule has 0 aromatic carbocycles. The van der Waals surface area contributed by atoms with E-state index in [0.29, 0.717) is 11.8 Å². The van der Waals surface area contributed by atoms with Crippen LogP contribution in [0, 0.1) is 23.2 Å². The van der Waals surface area contributed by atoms with Crippen molar-refractivity contribution in [3.63, 3.8) is 0 Å². The second-order valence-corrected chi connectivity index (χ2v) is 5.18. The summed E-state index contributed by atoms with van der Waals surface area (Å²) in [5.74, 6) is 1.23. The van der Waals surface area contributed by atoms with Gasteiger partial charge >= 0.3 is 0 Å². The van der Waals surface area contributed by atoms with Crippen LogP contribution in [0.2, 0.25) is 0 Å². The molecule has 86 valence electrons. The lowest BCUT2D eigenvalue weighted by molar-refractivity contribution is -0.0110. The van der Waals surface area contributed by atoms with Crippen LogP contribution in [0.5, 0.6) is 0 Å². The molecule has 0 saturated heterocycles. The van der Waals surface area contributed by atoms with Gasteiger partial charge in [-0.2, -0.15) is 0 Å². The van der Waals surface area contributed by atoms with E-state index in [1.807, 2.05) is 0 Å². The third-order valence-corrected chi connectivity index (χ3v) is 3.92. The molecule has 2 nitrogen and oxygen atoms in total. The monoisotopic (exact) mass is 201 g/mol. The van der Waals surface area contributed by atoms with Crippen molar-refractivity contribution in [3.05, 3.63) is 0 Å². The van der Waals surface area contributed by atoms with Crippen molar-refractivity contribution in [1.29, 1.82) is 0 Å². The fourth-order valence-electron chi connectivity index (χ4n) is 3.46. The molecule has 0 bridgehead atoms. The molecule has 0 spiro atoms. The Morgan fingerprint density at radius 2 is 1.36 bits per heavy atom. The van der Waals surface area contributed by atoms with E-state index in [1.165, 1.54) is 0 Å². The maximum Gasteiger partial charge on any atom is 0.0462 e. The van der Waals surface area contributed by atoms with Gasteiger partial charge in [-0.05, 0) is 30.1 Å². The van der Waals surface area contributed by atoms with Crippen LogP contribution in [-0.4, -0.2) is 17.8 Å². The summed E-state index contributed by atoms with van der Waals surface area (Å²) < 4.78 is 0. The lowest BCUT2D eigenvalue weighted by atomic mass is 9.58. The van der Waals surface area contributed by atoms with E-state index in [0.717, 1.165) is 0 Å². The van der Waals surface area contributed by atoms with Crippen LogP contribution in [0.15, 0.2) is 0 Å². The Morgan fingerprint density at radius 3 is 1.43 bits per heavy atom. The van der Waals surface area contributed by atoms with Crippen molar-refractivity contribution < 1.29 is 5.11 Å². The zero-order valence-electron chi connectivity index (χ0n) is 10.5. The number of nitrogens with two attached hydrogens (primary N) is 1. The van der Waals surface area contributed by atoms with Crippen molar-refractivity contribution in [3.8, 4) is 0 Å². The van der Waals surface area contributed by atoms with Crippen molar-refractivity contribution in [2.45, 2.75) is 47.6 Å². The Hall–Kier alpha value is -0.0800. The molecule has 0 fully saturated rings. The molecule has 2 atom stereocenters. The van der Waals surface area contributed by atoms with E-state index in [4.69, 9.17) is 5.73 Å². The van der Waals surface area contributed by atoms with E-state index in [2.05, 4.69) is 41.5 Å². The molecule has 0 heterocycles. The predicted octanol–water partition coefficient (Wildman–Crippen LogP) is 2.26. The molecule has 0 amide bonds. The Morgan fingerprint density at radius 1 is 1.00 bits per heavy atom. The first-order valence-corrected chi connectivity index (χ1v) is 5.68. The van der Waals surface area contributed by atoms with Gasteiger partial charge in [0.05, 0.1) is 0 Å². The molecule has 3 N–H and O–H groups in total. The first-order chi connectivity index (χ1) is 6.31. The molecule has 0 radical (unpaired) electrons. The highest BCUT2D eigenvalue weighted by molar-refractivity contribution is 4.95. The topological polar surface area (TPSA) is 46.2 Å². The zero-order chi connectivity index (χ0) is 11.5. The molecule has 0 aliphatic carbocycles. The van der Waals surface area contributed by atoms with Gasteiger partial charge < -0.3 is 10.8 Å². The SMILES string of the molecule is CC(C)C(C(C)C)(C(C)N)C(C)CO. The van der Waals surface area contributed by atoms with Gasteiger partial charge in [0.25, 0.3) is 0 Å². The molecule has 14 heavy (non-hydrogen) atoms. The van der Waals surface area contributed by atoms with Gasteiger partial charge in [0.2, 0.25) is 0 Å². The fourth-order valence-corrected chi connectivity index (χ4v) is 3.46. The van der Waals surface area contributed by atoms with Crippen LogP contribution in [0.1, 0.15) is 41.5 Å². The summed E-state index contributed by atoms with van der Waals surface area (Å²) in [5, 5.41) is 9.36. The molecule has 0 aliphatic rings. The van der Waals surface area contributed by atoms with Gasteiger partial charge in [-0.15, -0.1) is 0 Å². The first-order valence-electron chi connectivity index (χ1n) is 5.68. The summed E-state index contributed by atoms with van der Waals surface area (Å²) in [6.45, 7) is 13.2. The van der Waals surface area contributed by atoms with E-state index >= 15 is 0 Å². The molecule has 0 aromatic heterocycles. The predicted molar refractivity (Wildman–Crippen MR) is 62.0 cm³/mol. The third kappa shape index (κ3) is 2.12. The molecular formula is C12H27NO. The quantitative estimate of drug-likeness (QED) is 0.716. The van der Waals surface area contributed by atoms with Gasteiger partial charge in [0.1, 0.15) is 0 Å². The zero-order valence-corrected chi connectivity index (χ0v) is 10.5. The molecule has 0 aromatic rings. The number of aliphatic hydroxyl groups is 1. The smallest absolute Gasteiger partial charge is 0.0462 e. The summed E-state index contributed by atoms with van der Waals surface area (Å²) in [4.78, 5) is 0. The summed E-state index contributed by atoms with van der Waals surface area (Å²) >= 11 is 0. The number of aliphatic hydroxyl groups excluding tert-OH is 1. The van der Waals surface area contributed by atoms with E-state index in [1.54, 1.807) is 0 Å². The summed E-state index contributed by atoms with van der Waals surface area (Å²) in [6.07, 6.45) is 0. The fraction of sp³-hybridized carbons (Fsp3) is 1.00. The van der Waals surface area contributed by atoms with E-state index in [-0.39, 0.29) is 24.0 Å². The number of hydrogen-bond donors (Lipinski definition) is 2. The minimum Gasteiger partial charge on any atom is -0.396 e. The van der Waals surface area contributed by atoms with Gasteiger partial charge in [0.15, 0.2) is 0 Å². The van der Waals surface area contributed by atoms with E-state index < -0.39 is 0 Å². The van der Waals surface area contributed by atoms with Crippen molar-refractivity contribution >= 4 is 0 Å². The van der Waals surface area contributed by atoms with Crippen molar-refractivity contribution in [1.82, 2.24) is 0 Å². The Labute approximate surface area is 88.9 Å². The van der Waals surface area contributed by atoms with Gasteiger partial charge in [0, 0.05) is 12.6 Å². The summed E-state index contributed by atoms with van der Waals surface area (Å²) in [7, 11) is 0. The largest absolute Gasteiger partial charge is 0.396 e. The van der Waals surface area contributed by atoms with Crippen molar-refractivity contribution in [2.75, 3.05) is 6.61 Å². The van der Waals surface area contributed by atoms with Gasteiger partial charge in [-0.3, -0.25) is 0 Å². The lowest BCUT2D eigenvalue weighted by Crippen LogP contribution is -2.52. The minimum atomic E-state index is 0.0365. The average molecular weight is 201 g/mol. The van der Waals surface area contributed by atoms with E-state index in [9.17, 15) is 5.11 Å². The molecule has 0 saturated carbocycles. The highest BCUT2D eigenvalue weighted by atomic mass is 16.3. The molecule has 0 rings (SSSR count). The number of rotatable bonds is 5. The molecule has 2 heteroatoms. The van der Waals surface area contributed by atoms with Crippen LogP contribution in [-0.2, 0) is 0 Å². The van der Waals surface area contributed by atoms with Crippen LogP contribution in [0.3, 0.4) is 0 Å². The average Bonchev–Trinajstić information content (AvgIpc) is 2.02. The highest BCUT2D eigenvalue weighted by Gasteiger charge is 2.44. The summed E-state index contributed by atoms with van der Waals surface area (Å²) in [6, 6.07) is 0.115. The molecule has 2 unspecified atom stereocenters. The molecular weight excluding hydrogens is 174 g/mol. The van der Waals surface area contributed by atoms with Crippen LogP contribution in [0.25, 0.3) is 0 Å². The second-order valence-electron chi connectivity index (χ2n) is 5.18. The van der Waals surface area contributed by atoms with Crippen LogP contribution < -0.4 is 5.73 Å². The van der Waals surface area contributed by atoms with Crippen LogP contribution >= 0.6 is 0 Å². The Balaban J connectivity index is 5.16. The summed E-state index contributed by atoms with van der Waals surface area (Å²) in [5.41, 5.74) is 6.18. The van der Waals surface area contributed by atoms with Gasteiger partial charge in [-0.1, -0.05) is 34.6 Å². The number of hydrogen-bond acceptors (Lipinski definition) is 2. The third-order valence-electron chi connectivity index (χ3n) is 3.92. The van der Waals surface area contributed by atoms with Crippen LogP contribution in [0.4, 0.5) is 0 Å². The van der Waals surface area contributed by atoms with Gasteiger partial charge in [-0.25, -0.2) is 0 Å². The lowest BCUT2D eigenvalue weighted by Gasteiger charge is -2.49. The maximum atomic E-state index is 9.36. The Bertz CT molecular complexity index is 142.